The van der Waals surface area contributed by atoms with Crippen LogP contribution in [0.3, 0.4) is 0 Å². The molecule has 2 heteroatoms. The van der Waals surface area contributed by atoms with E-state index in [1.54, 1.807) is 0 Å². The van der Waals surface area contributed by atoms with E-state index in [-0.39, 0.29) is 5.91 Å². The fraction of sp³-hybridized carbons (Fsp3) is 0.227. The van der Waals surface area contributed by atoms with E-state index in [0.29, 0.717) is 0 Å². The number of amides is 1. The molecule has 24 heavy (non-hydrogen) atoms. The van der Waals surface area contributed by atoms with Crippen molar-refractivity contribution in [2.24, 2.45) is 0 Å². The average molecular weight is 317 g/mol. The Morgan fingerprint density at radius 3 is 2.12 bits per heavy atom. The second-order valence-electron chi connectivity index (χ2n) is 6.22. The number of carbonyl (C=O) groups is 1. The van der Waals surface area contributed by atoms with Crippen LogP contribution in [0.5, 0.6) is 0 Å². The minimum absolute atomic E-state index is 0.138. The molecule has 1 aliphatic heterocycles. The molecule has 0 spiro atoms. The van der Waals surface area contributed by atoms with Crippen LogP contribution >= 0.6 is 0 Å². The summed E-state index contributed by atoms with van der Waals surface area (Å²) in [5.41, 5.74) is 3.98. The van der Waals surface area contributed by atoms with Gasteiger partial charge in [-0.1, -0.05) is 66.7 Å². The summed E-state index contributed by atoms with van der Waals surface area (Å²) < 4.78 is 0. The first kappa shape index (κ1) is 16.3. The first-order valence-corrected chi connectivity index (χ1v) is 8.54. The van der Waals surface area contributed by atoms with Crippen LogP contribution in [0.4, 0.5) is 0 Å². The van der Waals surface area contributed by atoms with Crippen LogP contribution in [0.2, 0.25) is 0 Å². The van der Waals surface area contributed by atoms with Crippen molar-refractivity contribution in [2.45, 2.75) is 19.8 Å². The van der Waals surface area contributed by atoms with E-state index in [1.807, 2.05) is 66.4 Å². The van der Waals surface area contributed by atoms with Crippen LogP contribution in [0.25, 0.3) is 11.6 Å². The van der Waals surface area contributed by atoms with Crippen molar-refractivity contribution in [1.29, 1.82) is 0 Å². The number of likely N-dealkylation sites (tertiary alicyclic amines) is 1. The Morgan fingerprint density at radius 1 is 0.917 bits per heavy atom. The molecule has 1 saturated heterocycles. The molecular weight excluding hydrogens is 294 g/mol. The molecule has 0 radical (unpaired) electrons. The molecule has 0 N–H and O–H groups in total. The highest BCUT2D eigenvalue weighted by molar-refractivity contribution is 6.20. The van der Waals surface area contributed by atoms with Gasteiger partial charge in [-0.2, -0.15) is 0 Å². The van der Waals surface area contributed by atoms with Crippen molar-refractivity contribution >= 4 is 17.6 Å². The lowest BCUT2D eigenvalue weighted by molar-refractivity contribution is -0.124. The maximum atomic E-state index is 13.0. The largest absolute Gasteiger partial charge is 0.339 e. The molecule has 2 aromatic carbocycles. The van der Waals surface area contributed by atoms with Gasteiger partial charge in [0, 0.05) is 18.7 Å². The smallest absolute Gasteiger partial charge is 0.254 e. The Hall–Kier alpha value is -2.61. The van der Waals surface area contributed by atoms with E-state index in [0.717, 1.165) is 48.2 Å². The average Bonchev–Trinajstić information content (AvgIpc) is 3.15. The predicted molar refractivity (Wildman–Crippen MR) is 100 cm³/mol. The van der Waals surface area contributed by atoms with Gasteiger partial charge in [0.25, 0.3) is 5.91 Å². The van der Waals surface area contributed by atoms with Gasteiger partial charge in [0.1, 0.15) is 0 Å². The van der Waals surface area contributed by atoms with Crippen molar-refractivity contribution in [1.82, 2.24) is 4.90 Å². The third-order valence-corrected chi connectivity index (χ3v) is 4.27. The molecule has 0 aromatic heterocycles. The summed E-state index contributed by atoms with van der Waals surface area (Å²) >= 11 is 0. The van der Waals surface area contributed by atoms with E-state index >= 15 is 0 Å². The van der Waals surface area contributed by atoms with E-state index in [2.05, 4.69) is 18.2 Å². The number of carbonyl (C=O) groups excluding carboxylic acids is 1. The summed E-state index contributed by atoms with van der Waals surface area (Å²) in [6, 6.07) is 20.2. The number of allylic oxidation sites excluding steroid dienone is 2. The molecular formula is C22H23NO. The third-order valence-electron chi connectivity index (χ3n) is 4.27. The second-order valence-corrected chi connectivity index (χ2v) is 6.22. The maximum Gasteiger partial charge on any atom is 0.254 e. The summed E-state index contributed by atoms with van der Waals surface area (Å²) in [6.45, 7) is 3.78. The van der Waals surface area contributed by atoms with Crippen molar-refractivity contribution < 1.29 is 4.79 Å². The zero-order chi connectivity index (χ0) is 16.8. The summed E-state index contributed by atoms with van der Waals surface area (Å²) in [5.74, 6) is 0.138. The molecule has 1 heterocycles. The molecule has 2 nitrogen and oxygen atoms in total. The van der Waals surface area contributed by atoms with Crippen LogP contribution in [0.1, 0.15) is 30.9 Å². The van der Waals surface area contributed by atoms with Gasteiger partial charge in [-0.15, -0.1) is 0 Å². The Morgan fingerprint density at radius 2 is 1.50 bits per heavy atom. The number of nitrogens with zero attached hydrogens (tertiary/aromatic N) is 1. The number of hydrogen-bond donors (Lipinski definition) is 0. The topological polar surface area (TPSA) is 20.3 Å². The summed E-state index contributed by atoms with van der Waals surface area (Å²) in [6.07, 6.45) is 6.34. The highest BCUT2D eigenvalue weighted by Gasteiger charge is 2.22. The van der Waals surface area contributed by atoms with Gasteiger partial charge in [0.15, 0.2) is 0 Å². The maximum absolute atomic E-state index is 13.0. The highest BCUT2D eigenvalue weighted by Crippen LogP contribution is 2.22. The van der Waals surface area contributed by atoms with Crippen LogP contribution in [-0.2, 0) is 4.79 Å². The highest BCUT2D eigenvalue weighted by atomic mass is 16.2. The van der Waals surface area contributed by atoms with E-state index in [9.17, 15) is 4.79 Å². The Kier molecular flexibility index (Phi) is 5.27. The number of rotatable bonds is 4. The molecule has 3 rings (SSSR count). The minimum atomic E-state index is 0.138. The molecule has 122 valence electrons. The second kappa shape index (κ2) is 7.78. The summed E-state index contributed by atoms with van der Waals surface area (Å²) in [7, 11) is 0. The van der Waals surface area contributed by atoms with Gasteiger partial charge < -0.3 is 4.90 Å². The molecule has 0 unspecified atom stereocenters. The molecule has 0 bridgehead atoms. The van der Waals surface area contributed by atoms with Crippen molar-refractivity contribution in [2.75, 3.05) is 13.1 Å². The normalized spacial score (nSPS) is 15.6. The molecule has 0 aliphatic carbocycles. The lowest BCUT2D eigenvalue weighted by Crippen LogP contribution is -2.28. The van der Waals surface area contributed by atoms with Crippen LogP contribution in [-0.4, -0.2) is 23.9 Å². The number of hydrogen-bond acceptors (Lipinski definition) is 1. The van der Waals surface area contributed by atoms with Gasteiger partial charge in [0.2, 0.25) is 0 Å². The Bertz CT molecular complexity index is 738. The Labute approximate surface area is 144 Å². The summed E-state index contributed by atoms with van der Waals surface area (Å²) in [4.78, 5) is 14.9. The molecule has 0 saturated carbocycles. The Balaban J connectivity index is 1.94. The van der Waals surface area contributed by atoms with Crippen LogP contribution < -0.4 is 0 Å². The van der Waals surface area contributed by atoms with Crippen molar-refractivity contribution in [3.05, 3.63) is 83.4 Å². The van der Waals surface area contributed by atoms with Gasteiger partial charge in [0.05, 0.1) is 0 Å². The van der Waals surface area contributed by atoms with Crippen molar-refractivity contribution in [3.63, 3.8) is 0 Å². The molecule has 2 aromatic rings. The molecule has 1 fully saturated rings. The SMILES string of the molecule is CC(/C=C(\C(=O)N1CCCC1)c1ccccc1)=C\c1ccccc1. The standard InChI is InChI=1S/C22H23NO/c1-18(16-19-10-4-2-5-11-19)17-21(20-12-6-3-7-13-20)22(24)23-14-8-9-15-23/h2-7,10-13,16-17H,8-9,14-15H2,1H3/b18-16+,21-17-. The molecule has 1 amide bonds. The molecule has 0 atom stereocenters. The molecule has 1 aliphatic rings. The van der Waals surface area contributed by atoms with Gasteiger partial charge in [-0.25, -0.2) is 0 Å². The predicted octanol–water partition coefficient (Wildman–Crippen LogP) is 4.80. The monoisotopic (exact) mass is 317 g/mol. The summed E-state index contributed by atoms with van der Waals surface area (Å²) in [5, 5.41) is 0. The minimum Gasteiger partial charge on any atom is -0.339 e. The first-order chi connectivity index (χ1) is 11.7. The van der Waals surface area contributed by atoms with E-state index in [1.165, 1.54) is 0 Å². The number of benzene rings is 2. The zero-order valence-corrected chi connectivity index (χ0v) is 14.1. The van der Waals surface area contributed by atoms with Crippen LogP contribution in [0.15, 0.2) is 72.3 Å². The van der Waals surface area contributed by atoms with Crippen molar-refractivity contribution in [3.8, 4) is 0 Å². The van der Waals surface area contributed by atoms with Gasteiger partial charge in [-0.05, 0) is 42.5 Å². The van der Waals surface area contributed by atoms with Gasteiger partial charge in [-0.3, -0.25) is 4.79 Å². The zero-order valence-electron chi connectivity index (χ0n) is 14.1. The third kappa shape index (κ3) is 4.02. The van der Waals surface area contributed by atoms with E-state index in [4.69, 9.17) is 0 Å². The van der Waals surface area contributed by atoms with Crippen LogP contribution in [0, 0.1) is 0 Å². The lowest BCUT2D eigenvalue weighted by atomic mass is 10.0. The quantitative estimate of drug-likeness (QED) is 0.586. The fourth-order valence-corrected chi connectivity index (χ4v) is 3.06. The fourth-order valence-electron chi connectivity index (χ4n) is 3.06. The van der Waals surface area contributed by atoms with Gasteiger partial charge >= 0.3 is 0 Å². The van der Waals surface area contributed by atoms with E-state index < -0.39 is 0 Å². The first-order valence-electron chi connectivity index (χ1n) is 8.54. The lowest BCUT2D eigenvalue weighted by Gasteiger charge is -2.18.